The molecule has 0 aliphatic rings. The van der Waals surface area contributed by atoms with Gasteiger partial charge in [0.15, 0.2) is 4.73 Å². The van der Waals surface area contributed by atoms with E-state index in [-0.39, 0.29) is 0 Å². The van der Waals surface area contributed by atoms with E-state index in [1.807, 2.05) is 25.5 Å². The van der Waals surface area contributed by atoms with Crippen LogP contribution in [0.25, 0.3) is 11.3 Å². The predicted molar refractivity (Wildman–Crippen MR) is 58.8 cm³/mol. The van der Waals surface area contributed by atoms with Crippen molar-refractivity contribution >= 4 is 15.9 Å². The minimum absolute atomic E-state index is 0.763. The molecule has 14 heavy (non-hydrogen) atoms. The molecule has 0 saturated carbocycles. The lowest BCUT2D eigenvalue weighted by Crippen LogP contribution is -2.06. The van der Waals surface area contributed by atoms with Gasteiger partial charge < -0.3 is 15.3 Å². The van der Waals surface area contributed by atoms with Crippen LogP contribution in [0.4, 0.5) is 0 Å². The first-order valence-corrected chi connectivity index (χ1v) is 5.12. The zero-order valence-corrected chi connectivity index (χ0v) is 9.35. The highest BCUT2D eigenvalue weighted by Crippen LogP contribution is 2.22. The molecule has 2 heterocycles. The molecule has 74 valence electrons. The minimum Gasteiger partial charge on any atom is -0.367 e. The van der Waals surface area contributed by atoms with Crippen LogP contribution in [0.15, 0.2) is 23.2 Å². The van der Waals surface area contributed by atoms with Crippen LogP contribution in [0.3, 0.4) is 0 Å². The Labute approximate surface area is 90.3 Å². The number of aromatic nitrogens is 3. The third-order valence-corrected chi connectivity index (χ3v) is 2.35. The van der Waals surface area contributed by atoms with Gasteiger partial charge in [0.05, 0.1) is 11.4 Å². The summed E-state index contributed by atoms with van der Waals surface area (Å²) >= 11 is 3.33. The zero-order valence-electron chi connectivity index (χ0n) is 7.76. The second kappa shape index (κ2) is 3.98. The van der Waals surface area contributed by atoms with Gasteiger partial charge in [0.1, 0.15) is 0 Å². The Bertz CT molecular complexity index is 404. The van der Waals surface area contributed by atoms with Crippen molar-refractivity contribution in [2.24, 2.45) is 0 Å². The van der Waals surface area contributed by atoms with Crippen molar-refractivity contribution in [3.8, 4) is 11.3 Å². The average molecular weight is 255 g/mol. The number of hydrogen-bond acceptors (Lipinski definition) is 2. The zero-order chi connectivity index (χ0) is 9.97. The Balaban J connectivity index is 2.41. The summed E-state index contributed by atoms with van der Waals surface area (Å²) in [7, 11) is 1.91. The van der Waals surface area contributed by atoms with Gasteiger partial charge in [-0.05, 0) is 29.0 Å². The van der Waals surface area contributed by atoms with E-state index >= 15 is 0 Å². The first-order chi connectivity index (χ1) is 6.81. The van der Waals surface area contributed by atoms with Crippen LogP contribution in [0.1, 0.15) is 5.69 Å². The SMILES string of the molecule is CNCc1[nH]c(Br)nc1-c1cc[nH]c1. The maximum atomic E-state index is 4.37. The lowest BCUT2D eigenvalue weighted by Gasteiger charge is -1.98. The molecule has 2 rings (SSSR count). The second-order valence-electron chi connectivity index (χ2n) is 2.98. The number of nitrogens with zero attached hydrogens (tertiary/aromatic N) is 1. The van der Waals surface area contributed by atoms with Crippen LogP contribution in [0, 0.1) is 0 Å². The van der Waals surface area contributed by atoms with Crippen LogP contribution < -0.4 is 5.32 Å². The van der Waals surface area contributed by atoms with Gasteiger partial charge in [0, 0.05) is 24.5 Å². The van der Waals surface area contributed by atoms with E-state index < -0.39 is 0 Å². The van der Waals surface area contributed by atoms with E-state index in [0.29, 0.717) is 0 Å². The van der Waals surface area contributed by atoms with E-state index in [4.69, 9.17) is 0 Å². The molecule has 0 unspecified atom stereocenters. The molecule has 3 N–H and O–H groups in total. The van der Waals surface area contributed by atoms with Gasteiger partial charge in [-0.3, -0.25) is 0 Å². The number of H-pyrrole nitrogens is 2. The molecule has 0 atom stereocenters. The molecule has 4 nitrogen and oxygen atoms in total. The standard InChI is InChI=1S/C9H11BrN4/c1-11-5-7-8(14-9(10)13-7)6-2-3-12-4-6/h2-4,11-12H,5H2,1H3,(H,13,14). The highest BCUT2D eigenvalue weighted by molar-refractivity contribution is 9.10. The Kier molecular flexibility index (Phi) is 2.69. The lowest BCUT2D eigenvalue weighted by molar-refractivity contribution is 0.797. The molecule has 0 aliphatic heterocycles. The van der Waals surface area contributed by atoms with Crippen molar-refractivity contribution in [2.45, 2.75) is 6.54 Å². The highest BCUT2D eigenvalue weighted by atomic mass is 79.9. The van der Waals surface area contributed by atoms with Crippen molar-refractivity contribution in [3.63, 3.8) is 0 Å². The number of hydrogen-bond donors (Lipinski definition) is 3. The fourth-order valence-corrected chi connectivity index (χ4v) is 1.81. The molecule has 0 aromatic carbocycles. The molecule has 0 spiro atoms. The van der Waals surface area contributed by atoms with Crippen molar-refractivity contribution in [3.05, 3.63) is 28.9 Å². The Morgan fingerprint density at radius 1 is 1.57 bits per heavy atom. The first kappa shape index (κ1) is 9.48. The molecule has 0 radical (unpaired) electrons. The number of imidazole rings is 1. The average Bonchev–Trinajstić information content (AvgIpc) is 2.74. The van der Waals surface area contributed by atoms with Crippen molar-refractivity contribution < 1.29 is 0 Å². The molecule has 2 aromatic rings. The topological polar surface area (TPSA) is 56.5 Å². The first-order valence-electron chi connectivity index (χ1n) is 4.33. The van der Waals surface area contributed by atoms with Gasteiger partial charge in [-0.25, -0.2) is 4.98 Å². The summed E-state index contributed by atoms with van der Waals surface area (Å²) in [6.45, 7) is 0.777. The van der Waals surface area contributed by atoms with Gasteiger partial charge in [-0.1, -0.05) is 0 Å². The monoisotopic (exact) mass is 254 g/mol. The van der Waals surface area contributed by atoms with Crippen molar-refractivity contribution in [1.29, 1.82) is 0 Å². The van der Waals surface area contributed by atoms with Gasteiger partial charge in [-0.15, -0.1) is 0 Å². The Morgan fingerprint density at radius 2 is 2.43 bits per heavy atom. The number of nitrogens with one attached hydrogen (secondary N) is 3. The molecule has 0 amide bonds. The summed E-state index contributed by atoms with van der Waals surface area (Å²) in [5, 5.41) is 3.10. The second-order valence-corrected chi connectivity index (χ2v) is 3.74. The maximum Gasteiger partial charge on any atom is 0.175 e. The fourth-order valence-electron chi connectivity index (χ4n) is 1.39. The Morgan fingerprint density at radius 3 is 3.07 bits per heavy atom. The molecular weight excluding hydrogens is 244 g/mol. The smallest absolute Gasteiger partial charge is 0.175 e. The van der Waals surface area contributed by atoms with Gasteiger partial charge in [0.25, 0.3) is 0 Å². The molecule has 0 saturated heterocycles. The fraction of sp³-hybridized carbons (Fsp3) is 0.222. The number of aromatic amines is 2. The van der Waals surface area contributed by atoms with Crippen molar-refractivity contribution in [1.82, 2.24) is 20.3 Å². The molecule has 0 aliphatic carbocycles. The summed E-state index contributed by atoms with van der Waals surface area (Å²) < 4.78 is 0.763. The normalized spacial score (nSPS) is 10.7. The van der Waals surface area contributed by atoms with Crippen LogP contribution in [-0.4, -0.2) is 22.0 Å². The van der Waals surface area contributed by atoms with Gasteiger partial charge in [0.2, 0.25) is 0 Å². The van der Waals surface area contributed by atoms with E-state index in [1.165, 1.54) is 0 Å². The molecule has 2 aromatic heterocycles. The largest absolute Gasteiger partial charge is 0.367 e. The van der Waals surface area contributed by atoms with Crippen molar-refractivity contribution in [2.75, 3.05) is 7.05 Å². The quantitative estimate of drug-likeness (QED) is 0.784. The van der Waals surface area contributed by atoms with Gasteiger partial charge in [-0.2, -0.15) is 0 Å². The molecule has 0 fully saturated rings. The number of rotatable bonds is 3. The van der Waals surface area contributed by atoms with E-state index in [1.54, 1.807) is 0 Å². The van der Waals surface area contributed by atoms with E-state index in [0.717, 1.165) is 28.2 Å². The van der Waals surface area contributed by atoms with Crippen LogP contribution >= 0.6 is 15.9 Å². The van der Waals surface area contributed by atoms with Gasteiger partial charge >= 0.3 is 0 Å². The molecule has 0 bridgehead atoms. The van der Waals surface area contributed by atoms with Crippen LogP contribution in [0.2, 0.25) is 0 Å². The Hall–Kier alpha value is -1.07. The third kappa shape index (κ3) is 1.73. The summed E-state index contributed by atoms with van der Waals surface area (Å²) in [5.41, 5.74) is 3.16. The highest BCUT2D eigenvalue weighted by Gasteiger charge is 2.10. The number of halogens is 1. The lowest BCUT2D eigenvalue weighted by atomic mass is 10.2. The molecular formula is C9H11BrN4. The summed E-state index contributed by atoms with van der Waals surface area (Å²) in [6, 6.07) is 2.00. The summed E-state index contributed by atoms with van der Waals surface area (Å²) in [4.78, 5) is 10.6. The molecule has 5 heteroatoms. The minimum atomic E-state index is 0.763. The predicted octanol–water partition coefficient (Wildman–Crippen LogP) is 1.89. The van der Waals surface area contributed by atoms with E-state index in [2.05, 4.69) is 36.2 Å². The maximum absolute atomic E-state index is 4.37. The van der Waals surface area contributed by atoms with E-state index in [9.17, 15) is 0 Å². The van der Waals surface area contributed by atoms with Crippen LogP contribution in [-0.2, 0) is 6.54 Å². The van der Waals surface area contributed by atoms with Crippen LogP contribution in [0.5, 0.6) is 0 Å². The summed E-state index contributed by atoms with van der Waals surface area (Å²) in [5.74, 6) is 0. The summed E-state index contributed by atoms with van der Waals surface area (Å²) in [6.07, 6.45) is 3.82. The third-order valence-electron chi connectivity index (χ3n) is 1.97.